The number of carbonyl (C=O) groups is 1. The monoisotopic (exact) mass is 235 g/mol. The Morgan fingerprint density at radius 1 is 1.59 bits per heavy atom. The number of nitrogen functional groups attached to an aromatic ring is 1. The average Bonchev–Trinajstić information content (AvgIpc) is 2.38. The fourth-order valence-electron chi connectivity index (χ4n) is 1.27. The number of unbranched alkanes of at least 4 members (excludes halogenated alkanes) is 1. The van der Waals surface area contributed by atoms with Gasteiger partial charge in [0.25, 0.3) is 5.91 Å². The standard InChI is InChI=1S/C12H17N3O2/c1-2-3-4-8-17-9-10-6-5-7-11(14-10)12(16)15-13/h2,5-7H,1,3-4,8-9,13H2,(H,15,16). The molecule has 92 valence electrons. The Hall–Kier alpha value is -1.72. The van der Waals surface area contributed by atoms with Gasteiger partial charge in [0.2, 0.25) is 0 Å². The number of hydrazine groups is 1. The van der Waals surface area contributed by atoms with E-state index in [4.69, 9.17) is 10.6 Å². The molecule has 0 spiro atoms. The van der Waals surface area contributed by atoms with Crippen molar-refractivity contribution in [2.75, 3.05) is 6.61 Å². The lowest BCUT2D eigenvalue weighted by atomic mass is 10.3. The van der Waals surface area contributed by atoms with Crippen LogP contribution in [0.15, 0.2) is 30.9 Å². The number of ether oxygens (including phenoxy) is 1. The van der Waals surface area contributed by atoms with Crippen LogP contribution in [-0.4, -0.2) is 17.5 Å². The maximum absolute atomic E-state index is 11.2. The molecule has 0 fully saturated rings. The minimum Gasteiger partial charge on any atom is -0.375 e. The van der Waals surface area contributed by atoms with Gasteiger partial charge in [-0.2, -0.15) is 0 Å². The zero-order chi connectivity index (χ0) is 12.5. The predicted molar refractivity (Wildman–Crippen MR) is 65.0 cm³/mol. The Labute approximate surface area is 101 Å². The molecule has 1 heterocycles. The first-order valence-electron chi connectivity index (χ1n) is 5.43. The van der Waals surface area contributed by atoms with Gasteiger partial charge in [0.1, 0.15) is 5.69 Å². The van der Waals surface area contributed by atoms with E-state index in [1.807, 2.05) is 11.5 Å². The lowest BCUT2D eigenvalue weighted by Gasteiger charge is -2.04. The van der Waals surface area contributed by atoms with Crippen LogP contribution in [0.4, 0.5) is 0 Å². The second-order valence-corrected chi connectivity index (χ2v) is 3.47. The summed E-state index contributed by atoms with van der Waals surface area (Å²) in [6.07, 6.45) is 3.73. The fourth-order valence-corrected chi connectivity index (χ4v) is 1.27. The van der Waals surface area contributed by atoms with Crippen molar-refractivity contribution in [1.82, 2.24) is 10.4 Å². The van der Waals surface area contributed by atoms with Crippen molar-refractivity contribution in [2.45, 2.75) is 19.4 Å². The summed E-state index contributed by atoms with van der Waals surface area (Å²) in [6.45, 7) is 4.68. The van der Waals surface area contributed by atoms with E-state index in [1.165, 1.54) is 0 Å². The Kier molecular flexibility index (Phi) is 5.92. The minimum atomic E-state index is -0.404. The lowest BCUT2D eigenvalue weighted by Crippen LogP contribution is -2.30. The van der Waals surface area contributed by atoms with E-state index in [9.17, 15) is 4.79 Å². The number of rotatable bonds is 7. The van der Waals surface area contributed by atoms with Crippen molar-refractivity contribution in [3.8, 4) is 0 Å². The van der Waals surface area contributed by atoms with Crippen LogP contribution in [0.5, 0.6) is 0 Å². The van der Waals surface area contributed by atoms with Crippen molar-refractivity contribution >= 4 is 5.91 Å². The Morgan fingerprint density at radius 3 is 3.12 bits per heavy atom. The van der Waals surface area contributed by atoms with Gasteiger partial charge in [0, 0.05) is 6.61 Å². The summed E-state index contributed by atoms with van der Waals surface area (Å²) in [5.74, 6) is 4.62. The molecule has 1 aromatic heterocycles. The maximum atomic E-state index is 11.2. The average molecular weight is 235 g/mol. The molecule has 0 atom stereocenters. The number of nitrogens with one attached hydrogen (secondary N) is 1. The van der Waals surface area contributed by atoms with E-state index in [1.54, 1.807) is 18.2 Å². The highest BCUT2D eigenvalue weighted by Crippen LogP contribution is 2.02. The first-order chi connectivity index (χ1) is 8.27. The van der Waals surface area contributed by atoms with E-state index in [0.29, 0.717) is 24.6 Å². The van der Waals surface area contributed by atoms with Crippen molar-refractivity contribution in [3.63, 3.8) is 0 Å². The number of allylic oxidation sites excluding steroid dienone is 1. The molecule has 1 rings (SSSR count). The smallest absolute Gasteiger partial charge is 0.283 e. The molecular weight excluding hydrogens is 218 g/mol. The zero-order valence-electron chi connectivity index (χ0n) is 9.69. The van der Waals surface area contributed by atoms with Crippen LogP contribution in [0.3, 0.4) is 0 Å². The zero-order valence-corrected chi connectivity index (χ0v) is 9.69. The van der Waals surface area contributed by atoms with Gasteiger partial charge >= 0.3 is 0 Å². The van der Waals surface area contributed by atoms with Gasteiger partial charge in [0.15, 0.2) is 0 Å². The number of carbonyl (C=O) groups excluding carboxylic acids is 1. The molecule has 17 heavy (non-hydrogen) atoms. The lowest BCUT2D eigenvalue weighted by molar-refractivity contribution is 0.0945. The molecule has 1 amide bonds. The largest absolute Gasteiger partial charge is 0.375 e. The van der Waals surface area contributed by atoms with E-state index < -0.39 is 5.91 Å². The Morgan fingerprint density at radius 2 is 2.41 bits per heavy atom. The molecule has 5 nitrogen and oxygen atoms in total. The minimum absolute atomic E-state index is 0.291. The molecule has 0 saturated carbocycles. The second kappa shape index (κ2) is 7.54. The topological polar surface area (TPSA) is 77.2 Å². The first-order valence-corrected chi connectivity index (χ1v) is 5.43. The van der Waals surface area contributed by atoms with Crippen LogP contribution in [-0.2, 0) is 11.3 Å². The van der Waals surface area contributed by atoms with Crippen molar-refractivity contribution in [3.05, 3.63) is 42.2 Å². The van der Waals surface area contributed by atoms with Crippen LogP contribution in [0.2, 0.25) is 0 Å². The van der Waals surface area contributed by atoms with Crippen LogP contribution >= 0.6 is 0 Å². The first kappa shape index (κ1) is 13.3. The third-order valence-corrected chi connectivity index (χ3v) is 2.12. The number of pyridine rings is 1. The Bertz CT molecular complexity index is 380. The number of hydrogen-bond acceptors (Lipinski definition) is 4. The summed E-state index contributed by atoms with van der Waals surface area (Å²) in [6, 6.07) is 5.16. The maximum Gasteiger partial charge on any atom is 0.283 e. The van der Waals surface area contributed by atoms with E-state index in [0.717, 1.165) is 12.8 Å². The number of aromatic nitrogens is 1. The van der Waals surface area contributed by atoms with Gasteiger partial charge in [-0.3, -0.25) is 10.2 Å². The van der Waals surface area contributed by atoms with Gasteiger partial charge in [-0.05, 0) is 25.0 Å². The highest BCUT2D eigenvalue weighted by Gasteiger charge is 2.05. The van der Waals surface area contributed by atoms with E-state index in [-0.39, 0.29) is 0 Å². The summed E-state index contributed by atoms with van der Waals surface area (Å²) in [4.78, 5) is 15.4. The quantitative estimate of drug-likeness (QED) is 0.244. The van der Waals surface area contributed by atoms with Crippen LogP contribution in [0.1, 0.15) is 29.0 Å². The molecule has 0 unspecified atom stereocenters. The summed E-state index contributed by atoms with van der Waals surface area (Å²) < 4.78 is 5.42. The molecule has 1 aromatic rings. The van der Waals surface area contributed by atoms with Crippen molar-refractivity contribution < 1.29 is 9.53 Å². The van der Waals surface area contributed by atoms with E-state index >= 15 is 0 Å². The molecule has 0 radical (unpaired) electrons. The van der Waals surface area contributed by atoms with Crippen molar-refractivity contribution in [1.29, 1.82) is 0 Å². The van der Waals surface area contributed by atoms with Crippen molar-refractivity contribution in [2.24, 2.45) is 5.84 Å². The molecule has 0 aliphatic rings. The molecular formula is C12H17N3O2. The van der Waals surface area contributed by atoms with Gasteiger partial charge in [0.05, 0.1) is 12.3 Å². The molecule has 3 N–H and O–H groups in total. The van der Waals surface area contributed by atoms with Crippen LogP contribution < -0.4 is 11.3 Å². The van der Waals surface area contributed by atoms with Gasteiger partial charge < -0.3 is 4.74 Å². The van der Waals surface area contributed by atoms with Crippen LogP contribution in [0, 0.1) is 0 Å². The Balaban J connectivity index is 2.43. The molecule has 0 bridgehead atoms. The highest BCUT2D eigenvalue weighted by atomic mass is 16.5. The summed E-state index contributed by atoms with van der Waals surface area (Å²) in [7, 11) is 0. The van der Waals surface area contributed by atoms with Gasteiger partial charge in [-0.25, -0.2) is 10.8 Å². The second-order valence-electron chi connectivity index (χ2n) is 3.47. The summed E-state index contributed by atoms with van der Waals surface area (Å²) in [5, 5.41) is 0. The van der Waals surface area contributed by atoms with Crippen LogP contribution in [0.25, 0.3) is 0 Å². The summed E-state index contributed by atoms with van der Waals surface area (Å²) in [5.41, 5.74) is 3.04. The summed E-state index contributed by atoms with van der Waals surface area (Å²) >= 11 is 0. The third kappa shape index (κ3) is 4.76. The number of amides is 1. The molecule has 0 aliphatic carbocycles. The fraction of sp³-hybridized carbons (Fsp3) is 0.333. The molecule has 0 saturated heterocycles. The molecule has 0 aromatic carbocycles. The van der Waals surface area contributed by atoms with Gasteiger partial charge in [-0.15, -0.1) is 6.58 Å². The number of nitrogens with two attached hydrogens (primary N) is 1. The molecule has 0 aliphatic heterocycles. The number of hydrogen-bond donors (Lipinski definition) is 2. The number of nitrogens with zero attached hydrogens (tertiary/aromatic N) is 1. The van der Waals surface area contributed by atoms with Gasteiger partial charge in [-0.1, -0.05) is 12.1 Å². The normalized spacial score (nSPS) is 9.94. The predicted octanol–water partition coefficient (Wildman–Crippen LogP) is 1.17. The highest BCUT2D eigenvalue weighted by molar-refractivity contribution is 5.91. The SMILES string of the molecule is C=CCCCOCc1cccc(C(=O)NN)n1. The molecule has 5 heteroatoms. The van der Waals surface area contributed by atoms with E-state index in [2.05, 4.69) is 11.6 Å². The third-order valence-electron chi connectivity index (χ3n) is 2.12.